The molecule has 0 atom stereocenters. The Kier molecular flexibility index (Phi) is 7.41. The van der Waals surface area contributed by atoms with Crippen molar-refractivity contribution in [1.29, 1.82) is 0 Å². The SMILES string of the molecule is O=C(CSc1nnc(CNc2cccc(Cl)c2)n1-c1ccccc1)Nc1ccc([N+](=O)[O-])cc1. The van der Waals surface area contributed by atoms with E-state index in [1.807, 2.05) is 53.1 Å². The third-order valence-electron chi connectivity index (χ3n) is 4.68. The maximum absolute atomic E-state index is 12.5. The highest BCUT2D eigenvalue weighted by Gasteiger charge is 2.16. The van der Waals surface area contributed by atoms with Gasteiger partial charge in [-0.3, -0.25) is 19.5 Å². The lowest BCUT2D eigenvalue weighted by Crippen LogP contribution is -2.15. The Morgan fingerprint density at radius 2 is 1.76 bits per heavy atom. The van der Waals surface area contributed by atoms with Crippen LogP contribution in [0.25, 0.3) is 5.69 Å². The number of aromatic nitrogens is 3. The number of nitrogens with one attached hydrogen (secondary N) is 2. The molecule has 0 unspecified atom stereocenters. The molecule has 0 radical (unpaired) electrons. The number of nitro benzene ring substituents is 1. The molecule has 2 N–H and O–H groups in total. The van der Waals surface area contributed by atoms with Crippen LogP contribution < -0.4 is 10.6 Å². The van der Waals surface area contributed by atoms with Crippen LogP contribution in [0, 0.1) is 10.1 Å². The predicted molar refractivity (Wildman–Crippen MR) is 133 cm³/mol. The number of non-ortho nitro benzene ring substituents is 1. The topological polar surface area (TPSA) is 115 Å². The molecule has 0 aliphatic heterocycles. The van der Waals surface area contributed by atoms with Gasteiger partial charge in [0.05, 0.1) is 17.2 Å². The predicted octanol–water partition coefficient (Wildman–Crippen LogP) is 5.17. The van der Waals surface area contributed by atoms with Gasteiger partial charge in [-0.25, -0.2) is 0 Å². The zero-order valence-electron chi connectivity index (χ0n) is 17.7. The molecule has 34 heavy (non-hydrogen) atoms. The van der Waals surface area contributed by atoms with Gasteiger partial charge in [0.15, 0.2) is 11.0 Å². The van der Waals surface area contributed by atoms with E-state index in [1.54, 1.807) is 6.07 Å². The van der Waals surface area contributed by atoms with Gasteiger partial charge in [0.1, 0.15) is 0 Å². The second-order valence-corrected chi connectivity index (χ2v) is 8.45. The molecule has 1 aromatic heterocycles. The number of rotatable bonds is 9. The van der Waals surface area contributed by atoms with Gasteiger partial charge < -0.3 is 10.6 Å². The minimum absolute atomic E-state index is 0.0396. The molecular weight excluding hydrogens is 476 g/mol. The Morgan fingerprint density at radius 1 is 1.00 bits per heavy atom. The van der Waals surface area contributed by atoms with Gasteiger partial charge in [0, 0.05) is 34.2 Å². The number of nitro groups is 1. The fraction of sp³-hybridized carbons (Fsp3) is 0.0870. The molecule has 4 aromatic rings. The van der Waals surface area contributed by atoms with Gasteiger partial charge in [-0.15, -0.1) is 10.2 Å². The number of amides is 1. The quantitative estimate of drug-likeness (QED) is 0.187. The van der Waals surface area contributed by atoms with Gasteiger partial charge in [-0.1, -0.05) is 47.6 Å². The zero-order valence-corrected chi connectivity index (χ0v) is 19.3. The van der Waals surface area contributed by atoms with E-state index in [2.05, 4.69) is 20.8 Å². The zero-order chi connectivity index (χ0) is 23.9. The summed E-state index contributed by atoms with van der Waals surface area (Å²) in [5, 5.41) is 26.6. The fourth-order valence-electron chi connectivity index (χ4n) is 3.12. The Balaban J connectivity index is 1.46. The molecule has 172 valence electrons. The number of nitrogens with zero attached hydrogens (tertiary/aromatic N) is 4. The van der Waals surface area contributed by atoms with Gasteiger partial charge in [-0.05, 0) is 42.5 Å². The van der Waals surface area contributed by atoms with Crippen LogP contribution in [-0.4, -0.2) is 31.3 Å². The number of carbonyl (C=O) groups excluding carboxylic acids is 1. The average Bonchev–Trinajstić information content (AvgIpc) is 3.25. The first-order valence-electron chi connectivity index (χ1n) is 10.2. The summed E-state index contributed by atoms with van der Waals surface area (Å²) in [4.78, 5) is 22.7. The first-order valence-corrected chi connectivity index (χ1v) is 11.5. The highest BCUT2D eigenvalue weighted by Crippen LogP contribution is 2.24. The average molecular weight is 495 g/mol. The van der Waals surface area contributed by atoms with Crippen LogP contribution in [0.5, 0.6) is 0 Å². The molecule has 3 aromatic carbocycles. The third-order valence-corrected chi connectivity index (χ3v) is 5.85. The highest BCUT2D eigenvalue weighted by molar-refractivity contribution is 7.99. The molecule has 1 heterocycles. The van der Waals surface area contributed by atoms with E-state index in [1.165, 1.54) is 36.0 Å². The third kappa shape index (κ3) is 5.91. The van der Waals surface area contributed by atoms with E-state index in [0.717, 1.165) is 11.4 Å². The van der Waals surface area contributed by atoms with Crippen molar-refractivity contribution < 1.29 is 9.72 Å². The number of benzene rings is 3. The minimum Gasteiger partial charge on any atom is -0.378 e. The van der Waals surface area contributed by atoms with Crippen LogP contribution in [-0.2, 0) is 11.3 Å². The lowest BCUT2D eigenvalue weighted by atomic mass is 10.3. The van der Waals surface area contributed by atoms with Crippen LogP contribution in [0.15, 0.2) is 84.0 Å². The summed E-state index contributed by atoms with van der Waals surface area (Å²) in [5.41, 5.74) is 2.16. The van der Waals surface area contributed by atoms with Gasteiger partial charge in [0.25, 0.3) is 5.69 Å². The van der Waals surface area contributed by atoms with Crippen LogP contribution in [0.3, 0.4) is 0 Å². The number of hydrogen-bond donors (Lipinski definition) is 2. The Labute approximate surface area is 204 Å². The second kappa shape index (κ2) is 10.8. The van der Waals surface area contributed by atoms with Crippen molar-refractivity contribution in [2.45, 2.75) is 11.7 Å². The van der Waals surface area contributed by atoms with Crippen molar-refractivity contribution in [3.8, 4) is 5.69 Å². The van der Waals surface area contributed by atoms with Crippen molar-refractivity contribution in [3.63, 3.8) is 0 Å². The normalized spacial score (nSPS) is 10.6. The Hall–Kier alpha value is -3.89. The lowest BCUT2D eigenvalue weighted by molar-refractivity contribution is -0.384. The smallest absolute Gasteiger partial charge is 0.269 e. The van der Waals surface area contributed by atoms with E-state index in [9.17, 15) is 14.9 Å². The monoisotopic (exact) mass is 494 g/mol. The minimum atomic E-state index is -0.489. The van der Waals surface area contributed by atoms with Crippen molar-refractivity contribution in [3.05, 3.63) is 99.8 Å². The van der Waals surface area contributed by atoms with E-state index >= 15 is 0 Å². The molecule has 9 nitrogen and oxygen atoms in total. The number of carbonyl (C=O) groups is 1. The molecule has 11 heteroatoms. The molecule has 0 saturated carbocycles. The van der Waals surface area contributed by atoms with Crippen molar-refractivity contribution in [2.75, 3.05) is 16.4 Å². The van der Waals surface area contributed by atoms with E-state index < -0.39 is 4.92 Å². The number of anilines is 2. The van der Waals surface area contributed by atoms with Crippen molar-refractivity contribution in [1.82, 2.24) is 14.8 Å². The second-order valence-electron chi connectivity index (χ2n) is 7.07. The molecule has 1 amide bonds. The summed E-state index contributed by atoms with van der Waals surface area (Å²) in [6.45, 7) is 0.401. The van der Waals surface area contributed by atoms with Crippen LogP contribution in [0.2, 0.25) is 5.02 Å². The number of thioether (sulfide) groups is 1. The summed E-state index contributed by atoms with van der Waals surface area (Å²) in [7, 11) is 0. The van der Waals surface area contributed by atoms with Crippen LogP contribution in [0.4, 0.5) is 17.1 Å². The number of halogens is 1. The summed E-state index contributed by atoms with van der Waals surface area (Å²) in [6, 6.07) is 22.7. The largest absolute Gasteiger partial charge is 0.378 e. The van der Waals surface area contributed by atoms with Crippen LogP contribution in [0.1, 0.15) is 5.82 Å². The standard InChI is InChI=1S/C23H19ClN6O3S/c24-16-5-4-6-18(13-16)25-14-21-27-28-23(29(21)19-7-2-1-3-8-19)34-15-22(31)26-17-9-11-20(12-10-17)30(32)33/h1-13,25H,14-15H2,(H,26,31). The number of hydrogen-bond acceptors (Lipinski definition) is 7. The number of para-hydroxylation sites is 1. The molecule has 4 rings (SSSR count). The fourth-order valence-corrected chi connectivity index (χ4v) is 4.08. The Bertz CT molecular complexity index is 1300. The molecule has 0 saturated heterocycles. The van der Waals surface area contributed by atoms with Crippen molar-refractivity contribution >= 4 is 46.3 Å². The summed E-state index contributed by atoms with van der Waals surface area (Å²) < 4.78 is 1.89. The molecular formula is C23H19ClN6O3S. The summed E-state index contributed by atoms with van der Waals surface area (Å²) in [6.07, 6.45) is 0. The summed E-state index contributed by atoms with van der Waals surface area (Å²) >= 11 is 7.31. The van der Waals surface area contributed by atoms with Gasteiger partial charge in [-0.2, -0.15) is 0 Å². The molecule has 0 aliphatic rings. The molecule has 0 fully saturated rings. The van der Waals surface area contributed by atoms with Gasteiger partial charge in [0.2, 0.25) is 5.91 Å². The van der Waals surface area contributed by atoms with Gasteiger partial charge >= 0.3 is 0 Å². The molecule has 0 aliphatic carbocycles. The van der Waals surface area contributed by atoms with Crippen molar-refractivity contribution in [2.24, 2.45) is 0 Å². The van der Waals surface area contributed by atoms with Crippen LogP contribution >= 0.6 is 23.4 Å². The summed E-state index contributed by atoms with van der Waals surface area (Å²) in [5.74, 6) is 0.494. The maximum atomic E-state index is 12.5. The first-order chi connectivity index (χ1) is 16.5. The van der Waals surface area contributed by atoms with E-state index in [0.29, 0.717) is 28.2 Å². The van der Waals surface area contributed by atoms with E-state index in [4.69, 9.17) is 11.6 Å². The molecule has 0 spiro atoms. The van der Waals surface area contributed by atoms with E-state index in [-0.39, 0.29) is 17.3 Å². The Morgan fingerprint density at radius 3 is 2.47 bits per heavy atom. The molecule has 0 bridgehead atoms. The maximum Gasteiger partial charge on any atom is 0.269 e. The first kappa shape index (κ1) is 23.3. The highest BCUT2D eigenvalue weighted by atomic mass is 35.5. The lowest BCUT2D eigenvalue weighted by Gasteiger charge is -2.11.